The third kappa shape index (κ3) is 3.29. The Balaban J connectivity index is 1.47. The minimum Gasteiger partial charge on any atom is -0.479 e. The molecule has 0 unspecified atom stereocenters. The highest BCUT2D eigenvalue weighted by atomic mass is 16.5. The smallest absolute Gasteiger partial charge is 0.244 e. The number of ether oxygens (including phenoxy) is 2. The van der Waals surface area contributed by atoms with Gasteiger partial charge in [0.1, 0.15) is 11.2 Å². The van der Waals surface area contributed by atoms with Crippen molar-refractivity contribution in [3.05, 3.63) is 43.0 Å². The molecule has 0 bridgehead atoms. The van der Waals surface area contributed by atoms with Crippen LogP contribution in [0.3, 0.4) is 0 Å². The molecule has 150 valence electrons. The Morgan fingerprint density at radius 3 is 2.72 bits per heavy atom. The van der Waals surface area contributed by atoms with Crippen LogP contribution in [-0.2, 0) is 4.74 Å². The average molecular weight is 392 g/mol. The molecule has 0 radical (unpaired) electrons. The Morgan fingerprint density at radius 2 is 1.93 bits per heavy atom. The van der Waals surface area contributed by atoms with E-state index in [-0.39, 0.29) is 0 Å². The summed E-state index contributed by atoms with van der Waals surface area (Å²) in [7, 11) is 3.43. The van der Waals surface area contributed by atoms with Gasteiger partial charge in [-0.15, -0.1) is 5.10 Å². The highest BCUT2D eigenvalue weighted by molar-refractivity contribution is 5.84. The second-order valence-electron chi connectivity index (χ2n) is 7.43. The molecule has 1 aliphatic rings. The lowest BCUT2D eigenvalue weighted by Gasteiger charge is -2.28. The third-order valence-corrected chi connectivity index (χ3v) is 5.71. The van der Waals surface area contributed by atoms with Crippen molar-refractivity contribution in [2.24, 2.45) is 0 Å². The number of hydrogen-bond donors (Lipinski definition) is 1. The zero-order chi connectivity index (χ0) is 19.8. The predicted molar refractivity (Wildman–Crippen MR) is 110 cm³/mol. The van der Waals surface area contributed by atoms with E-state index >= 15 is 0 Å². The van der Waals surface area contributed by atoms with Crippen molar-refractivity contribution >= 4 is 17.1 Å². The summed E-state index contributed by atoms with van der Waals surface area (Å²) >= 11 is 0. The van der Waals surface area contributed by atoms with Gasteiger partial charge in [0.15, 0.2) is 0 Å². The predicted octanol–water partition coefficient (Wildman–Crippen LogP) is 3.42. The van der Waals surface area contributed by atoms with Crippen LogP contribution in [0.5, 0.6) is 5.88 Å². The quantitative estimate of drug-likeness (QED) is 0.561. The topological polar surface area (TPSA) is 78.0 Å². The Bertz CT molecular complexity index is 1140. The summed E-state index contributed by atoms with van der Waals surface area (Å²) in [6.45, 7) is 0. The first kappa shape index (κ1) is 17.9. The standard InChI is InChI=1S/C21H24N6O2/c1-28-16-6-4-15(5-7-16)23-21-24-20(29-2)19-17(9-11-27(19)25-21)14-3-8-18-22-10-12-26(18)13-14/h3,8-13,15-16H,4-7H2,1-2H3,(H,23,25). The van der Waals surface area contributed by atoms with E-state index in [2.05, 4.69) is 32.6 Å². The lowest BCUT2D eigenvalue weighted by Crippen LogP contribution is -2.30. The van der Waals surface area contributed by atoms with Gasteiger partial charge in [0.05, 0.1) is 13.2 Å². The number of aromatic nitrogens is 5. The zero-order valence-corrected chi connectivity index (χ0v) is 16.6. The van der Waals surface area contributed by atoms with Crippen LogP contribution in [0, 0.1) is 0 Å². The molecule has 8 nitrogen and oxygen atoms in total. The fourth-order valence-corrected chi connectivity index (χ4v) is 4.13. The van der Waals surface area contributed by atoms with Gasteiger partial charge in [-0.25, -0.2) is 9.50 Å². The van der Waals surface area contributed by atoms with Crippen molar-refractivity contribution in [3.8, 4) is 17.0 Å². The maximum atomic E-state index is 5.63. The number of methoxy groups -OCH3 is 2. The van der Waals surface area contributed by atoms with Gasteiger partial charge in [-0.2, -0.15) is 4.98 Å². The molecule has 29 heavy (non-hydrogen) atoms. The zero-order valence-electron chi connectivity index (χ0n) is 16.6. The second kappa shape index (κ2) is 7.36. The van der Waals surface area contributed by atoms with E-state index in [9.17, 15) is 0 Å². The summed E-state index contributed by atoms with van der Waals surface area (Å²) < 4.78 is 14.9. The number of imidazole rings is 1. The van der Waals surface area contributed by atoms with Gasteiger partial charge in [0, 0.05) is 49.1 Å². The summed E-state index contributed by atoms with van der Waals surface area (Å²) in [4.78, 5) is 8.95. The van der Waals surface area contributed by atoms with E-state index in [1.165, 1.54) is 0 Å². The Kier molecular flexibility index (Phi) is 4.55. The molecule has 0 spiro atoms. The van der Waals surface area contributed by atoms with E-state index < -0.39 is 0 Å². The van der Waals surface area contributed by atoms with Crippen LogP contribution < -0.4 is 10.1 Å². The fraction of sp³-hybridized carbons (Fsp3) is 0.381. The molecule has 0 saturated heterocycles. The Morgan fingerprint density at radius 1 is 1.07 bits per heavy atom. The van der Waals surface area contributed by atoms with Crippen LogP contribution in [-0.4, -0.2) is 50.3 Å². The van der Waals surface area contributed by atoms with Crippen molar-refractivity contribution in [3.63, 3.8) is 0 Å². The van der Waals surface area contributed by atoms with Gasteiger partial charge < -0.3 is 19.2 Å². The molecule has 0 amide bonds. The number of hydrogen-bond acceptors (Lipinski definition) is 6. The van der Waals surface area contributed by atoms with Gasteiger partial charge in [-0.05, 0) is 43.9 Å². The average Bonchev–Trinajstić information content (AvgIpc) is 3.40. The highest BCUT2D eigenvalue weighted by Gasteiger charge is 2.22. The van der Waals surface area contributed by atoms with Crippen molar-refractivity contribution in [2.45, 2.75) is 37.8 Å². The SMILES string of the molecule is COc1nc(NC2CCC(OC)CC2)nn2ccc(-c3ccc4nccn4c3)c12. The summed E-state index contributed by atoms with van der Waals surface area (Å²) in [5, 5.41) is 8.15. The van der Waals surface area contributed by atoms with Gasteiger partial charge in [-0.1, -0.05) is 0 Å². The summed E-state index contributed by atoms with van der Waals surface area (Å²) in [6.07, 6.45) is 12.3. The molecule has 0 atom stereocenters. The van der Waals surface area contributed by atoms with Crippen LogP contribution in [0.1, 0.15) is 25.7 Å². The molecule has 5 rings (SSSR count). The van der Waals surface area contributed by atoms with Gasteiger partial charge in [-0.3, -0.25) is 0 Å². The normalized spacial score (nSPS) is 19.7. The number of nitrogens with zero attached hydrogens (tertiary/aromatic N) is 5. The van der Waals surface area contributed by atoms with E-state index in [0.29, 0.717) is 24.0 Å². The molecule has 4 aromatic rings. The molecule has 4 aromatic heterocycles. The number of pyridine rings is 1. The minimum atomic E-state index is 0.349. The summed E-state index contributed by atoms with van der Waals surface area (Å²) in [5.41, 5.74) is 3.83. The molecule has 1 N–H and O–H groups in total. The van der Waals surface area contributed by atoms with E-state index in [4.69, 9.17) is 9.47 Å². The molecule has 1 aliphatic carbocycles. The number of rotatable bonds is 5. The van der Waals surface area contributed by atoms with E-state index in [1.807, 2.05) is 33.4 Å². The van der Waals surface area contributed by atoms with Crippen molar-refractivity contribution in [2.75, 3.05) is 19.5 Å². The molecule has 0 aliphatic heterocycles. The van der Waals surface area contributed by atoms with E-state index in [1.54, 1.807) is 20.4 Å². The molecule has 1 saturated carbocycles. The van der Waals surface area contributed by atoms with Crippen molar-refractivity contribution in [1.82, 2.24) is 24.0 Å². The van der Waals surface area contributed by atoms with Crippen LogP contribution in [0.4, 0.5) is 5.95 Å². The first-order chi connectivity index (χ1) is 14.2. The Labute approximate surface area is 168 Å². The first-order valence-electron chi connectivity index (χ1n) is 9.91. The fourth-order valence-electron chi connectivity index (χ4n) is 4.13. The second-order valence-corrected chi connectivity index (χ2v) is 7.43. The molecular formula is C21H24N6O2. The van der Waals surface area contributed by atoms with E-state index in [0.717, 1.165) is 48.0 Å². The lowest BCUT2D eigenvalue weighted by atomic mass is 9.93. The maximum Gasteiger partial charge on any atom is 0.244 e. The largest absolute Gasteiger partial charge is 0.479 e. The molecule has 4 heterocycles. The number of anilines is 1. The molecular weight excluding hydrogens is 368 g/mol. The molecule has 8 heteroatoms. The lowest BCUT2D eigenvalue weighted by molar-refractivity contribution is 0.0681. The van der Waals surface area contributed by atoms with Gasteiger partial charge in [0.25, 0.3) is 0 Å². The Hall–Kier alpha value is -3.13. The summed E-state index contributed by atoms with van der Waals surface area (Å²) in [5.74, 6) is 1.14. The number of nitrogens with one attached hydrogen (secondary N) is 1. The van der Waals surface area contributed by atoms with Crippen LogP contribution in [0.2, 0.25) is 0 Å². The first-order valence-corrected chi connectivity index (χ1v) is 9.91. The van der Waals surface area contributed by atoms with Crippen molar-refractivity contribution < 1.29 is 9.47 Å². The highest BCUT2D eigenvalue weighted by Crippen LogP contribution is 2.32. The minimum absolute atomic E-state index is 0.349. The maximum absolute atomic E-state index is 5.63. The van der Waals surface area contributed by atoms with Gasteiger partial charge >= 0.3 is 0 Å². The van der Waals surface area contributed by atoms with Crippen LogP contribution >= 0.6 is 0 Å². The van der Waals surface area contributed by atoms with Gasteiger partial charge in [0.2, 0.25) is 11.8 Å². The monoisotopic (exact) mass is 392 g/mol. The summed E-state index contributed by atoms with van der Waals surface area (Å²) in [6, 6.07) is 6.44. The van der Waals surface area contributed by atoms with Crippen molar-refractivity contribution in [1.29, 1.82) is 0 Å². The number of fused-ring (bicyclic) bond motifs is 2. The molecule has 1 fully saturated rings. The van der Waals surface area contributed by atoms with Crippen LogP contribution in [0.25, 0.3) is 22.3 Å². The third-order valence-electron chi connectivity index (χ3n) is 5.71. The molecule has 0 aromatic carbocycles. The van der Waals surface area contributed by atoms with Crippen LogP contribution in [0.15, 0.2) is 43.0 Å².